The van der Waals surface area contributed by atoms with Crippen LogP contribution < -0.4 is 10.2 Å². The maximum Gasteiger partial charge on any atom is 0.277 e. The molecule has 0 saturated heterocycles. The summed E-state index contributed by atoms with van der Waals surface area (Å²) in [6.07, 6.45) is 1.61. The highest BCUT2D eigenvalue weighted by molar-refractivity contribution is 5.84. The van der Waals surface area contributed by atoms with Crippen LogP contribution in [0, 0.1) is 25.2 Å². The van der Waals surface area contributed by atoms with Crippen LogP contribution in [0.4, 0.5) is 0 Å². The van der Waals surface area contributed by atoms with Gasteiger partial charge in [0, 0.05) is 0 Å². The second kappa shape index (κ2) is 7.76. The highest BCUT2D eigenvalue weighted by Crippen LogP contribution is 2.11. The molecule has 0 saturated carbocycles. The number of aryl methyl sites for hydroxylation is 2. The number of nitrogens with zero attached hydrogens (tertiary/aromatic N) is 2. The van der Waals surface area contributed by atoms with Crippen LogP contribution >= 0.6 is 0 Å². The molecule has 0 spiro atoms. The Morgan fingerprint density at radius 3 is 2.65 bits per heavy atom. The van der Waals surface area contributed by atoms with Crippen molar-refractivity contribution in [1.29, 1.82) is 5.26 Å². The Balaban J connectivity index is 1.82. The van der Waals surface area contributed by atoms with Crippen molar-refractivity contribution >= 4 is 12.1 Å². The van der Waals surface area contributed by atoms with E-state index >= 15 is 0 Å². The summed E-state index contributed by atoms with van der Waals surface area (Å²) in [4.78, 5) is 11.7. The summed E-state index contributed by atoms with van der Waals surface area (Å²) >= 11 is 0. The molecule has 5 heteroatoms. The molecule has 0 bridgehead atoms. The van der Waals surface area contributed by atoms with Gasteiger partial charge in [0.15, 0.2) is 6.61 Å². The number of nitrogens with one attached hydrogen (secondary N) is 1. The van der Waals surface area contributed by atoms with E-state index in [-0.39, 0.29) is 12.5 Å². The van der Waals surface area contributed by atoms with E-state index in [0.29, 0.717) is 11.3 Å². The average Bonchev–Trinajstić information content (AvgIpc) is 2.55. The molecule has 0 aliphatic carbocycles. The molecule has 0 unspecified atom stereocenters. The lowest BCUT2D eigenvalue weighted by Gasteiger charge is -2.05. The number of hydrogen-bond donors (Lipinski definition) is 1. The van der Waals surface area contributed by atoms with Gasteiger partial charge in [0.2, 0.25) is 0 Å². The van der Waals surface area contributed by atoms with E-state index in [1.165, 1.54) is 5.56 Å². The van der Waals surface area contributed by atoms with E-state index in [1.54, 1.807) is 30.5 Å². The van der Waals surface area contributed by atoms with Crippen molar-refractivity contribution < 1.29 is 9.53 Å². The van der Waals surface area contributed by atoms with Gasteiger partial charge >= 0.3 is 0 Å². The SMILES string of the molecule is Cc1ccc(/C=N\NC(=O)COc2ccc(C#N)cc2)c(C)c1. The Bertz CT molecular complexity index is 759. The standard InChI is InChI=1S/C18H17N3O2/c1-13-3-6-16(14(2)9-13)11-20-21-18(22)12-23-17-7-4-15(10-19)5-8-17/h3-9,11H,12H2,1-2H3,(H,21,22)/b20-11-. The molecule has 2 aromatic rings. The molecule has 0 aliphatic heterocycles. The van der Waals surface area contributed by atoms with Gasteiger partial charge in [0.25, 0.3) is 5.91 Å². The first-order chi connectivity index (χ1) is 11.1. The normalized spacial score (nSPS) is 10.3. The lowest BCUT2D eigenvalue weighted by atomic mass is 10.1. The minimum Gasteiger partial charge on any atom is -0.484 e. The van der Waals surface area contributed by atoms with Crippen molar-refractivity contribution in [2.24, 2.45) is 5.10 Å². The van der Waals surface area contributed by atoms with Crippen LogP contribution in [0.15, 0.2) is 47.6 Å². The predicted molar refractivity (Wildman–Crippen MR) is 88.3 cm³/mol. The third-order valence-corrected chi connectivity index (χ3v) is 3.17. The number of carbonyl (C=O) groups is 1. The number of ether oxygens (including phenoxy) is 1. The van der Waals surface area contributed by atoms with Crippen molar-refractivity contribution in [1.82, 2.24) is 5.43 Å². The number of hydrogen-bond acceptors (Lipinski definition) is 4. The first kappa shape index (κ1) is 16.2. The fourth-order valence-electron chi connectivity index (χ4n) is 1.95. The van der Waals surface area contributed by atoms with Crippen LogP contribution in [0.25, 0.3) is 0 Å². The number of rotatable bonds is 5. The average molecular weight is 307 g/mol. The van der Waals surface area contributed by atoms with E-state index in [0.717, 1.165) is 11.1 Å². The number of hydrazone groups is 1. The van der Waals surface area contributed by atoms with Gasteiger partial charge in [-0.05, 0) is 49.2 Å². The second-order valence-electron chi connectivity index (χ2n) is 5.08. The van der Waals surface area contributed by atoms with Crippen LogP contribution in [0.1, 0.15) is 22.3 Å². The smallest absolute Gasteiger partial charge is 0.277 e. The number of amides is 1. The van der Waals surface area contributed by atoms with Gasteiger partial charge in [0.1, 0.15) is 5.75 Å². The lowest BCUT2D eigenvalue weighted by molar-refractivity contribution is -0.123. The van der Waals surface area contributed by atoms with Crippen LogP contribution in [0.2, 0.25) is 0 Å². The summed E-state index contributed by atoms with van der Waals surface area (Å²) in [5.41, 5.74) is 6.18. The molecule has 0 atom stereocenters. The third-order valence-electron chi connectivity index (χ3n) is 3.17. The molecule has 0 fully saturated rings. The first-order valence-corrected chi connectivity index (χ1v) is 7.10. The molecule has 23 heavy (non-hydrogen) atoms. The largest absolute Gasteiger partial charge is 0.484 e. The van der Waals surface area contributed by atoms with Crippen molar-refractivity contribution in [2.45, 2.75) is 13.8 Å². The molecule has 0 heterocycles. The van der Waals surface area contributed by atoms with E-state index in [9.17, 15) is 4.79 Å². The molecule has 1 amide bonds. The fourth-order valence-corrected chi connectivity index (χ4v) is 1.95. The Labute approximate surface area is 135 Å². The number of benzene rings is 2. The molecule has 0 radical (unpaired) electrons. The Hall–Kier alpha value is -3.13. The maximum atomic E-state index is 11.7. The van der Waals surface area contributed by atoms with Crippen LogP contribution in [0.5, 0.6) is 5.75 Å². The van der Waals surface area contributed by atoms with Gasteiger partial charge in [-0.1, -0.05) is 23.8 Å². The van der Waals surface area contributed by atoms with Crippen molar-refractivity contribution in [3.8, 4) is 11.8 Å². The molecule has 2 rings (SSSR count). The zero-order valence-electron chi connectivity index (χ0n) is 13.0. The first-order valence-electron chi connectivity index (χ1n) is 7.10. The minimum absolute atomic E-state index is 0.143. The molecule has 116 valence electrons. The number of carbonyl (C=O) groups excluding carboxylic acids is 1. The third kappa shape index (κ3) is 4.97. The molecule has 2 aromatic carbocycles. The lowest BCUT2D eigenvalue weighted by Crippen LogP contribution is -2.24. The fraction of sp³-hybridized carbons (Fsp3) is 0.167. The summed E-state index contributed by atoms with van der Waals surface area (Å²) in [5, 5.41) is 12.6. The molecular weight excluding hydrogens is 290 g/mol. The quantitative estimate of drug-likeness (QED) is 0.681. The zero-order valence-corrected chi connectivity index (χ0v) is 13.0. The summed E-state index contributed by atoms with van der Waals surface area (Å²) in [5.74, 6) is 0.174. The van der Waals surface area contributed by atoms with Gasteiger partial charge in [-0.15, -0.1) is 0 Å². The van der Waals surface area contributed by atoms with Gasteiger partial charge < -0.3 is 4.74 Å². The van der Waals surface area contributed by atoms with Crippen molar-refractivity contribution in [3.63, 3.8) is 0 Å². The van der Waals surface area contributed by atoms with Gasteiger partial charge in [-0.25, -0.2) is 5.43 Å². The summed E-state index contributed by atoms with van der Waals surface area (Å²) < 4.78 is 5.31. The predicted octanol–water partition coefficient (Wildman–Crippen LogP) is 2.70. The Kier molecular flexibility index (Phi) is 5.48. The van der Waals surface area contributed by atoms with E-state index in [4.69, 9.17) is 10.00 Å². The minimum atomic E-state index is -0.352. The van der Waals surface area contributed by atoms with E-state index in [2.05, 4.69) is 16.6 Å². The monoisotopic (exact) mass is 307 g/mol. The zero-order chi connectivity index (χ0) is 16.7. The van der Waals surface area contributed by atoms with Crippen LogP contribution in [0.3, 0.4) is 0 Å². The molecular formula is C18H17N3O2. The highest BCUT2D eigenvalue weighted by atomic mass is 16.5. The van der Waals surface area contributed by atoms with Gasteiger partial charge in [-0.3, -0.25) is 4.79 Å². The summed E-state index contributed by atoms with van der Waals surface area (Å²) in [6.45, 7) is 3.87. The van der Waals surface area contributed by atoms with Crippen LogP contribution in [-0.2, 0) is 4.79 Å². The topological polar surface area (TPSA) is 74.5 Å². The maximum absolute atomic E-state index is 11.7. The molecule has 5 nitrogen and oxygen atoms in total. The van der Waals surface area contributed by atoms with Gasteiger partial charge in [0.05, 0.1) is 17.8 Å². The summed E-state index contributed by atoms with van der Waals surface area (Å²) in [6, 6.07) is 14.6. The Morgan fingerprint density at radius 1 is 1.26 bits per heavy atom. The molecule has 0 aliphatic rings. The second-order valence-corrected chi connectivity index (χ2v) is 5.08. The van der Waals surface area contributed by atoms with E-state index < -0.39 is 0 Å². The van der Waals surface area contributed by atoms with Gasteiger partial charge in [-0.2, -0.15) is 10.4 Å². The van der Waals surface area contributed by atoms with E-state index in [1.807, 2.05) is 32.0 Å². The molecule has 0 aromatic heterocycles. The summed E-state index contributed by atoms with van der Waals surface area (Å²) in [7, 11) is 0. The highest BCUT2D eigenvalue weighted by Gasteiger charge is 2.02. The van der Waals surface area contributed by atoms with Crippen LogP contribution in [-0.4, -0.2) is 18.7 Å². The van der Waals surface area contributed by atoms with Crippen molar-refractivity contribution in [3.05, 3.63) is 64.7 Å². The Morgan fingerprint density at radius 2 is 2.00 bits per heavy atom. The molecule has 1 N–H and O–H groups in total. The van der Waals surface area contributed by atoms with Crippen molar-refractivity contribution in [2.75, 3.05) is 6.61 Å². The number of nitriles is 1.